The molecule has 3 N–H and O–H groups in total. The van der Waals surface area contributed by atoms with Crippen LogP contribution in [0.4, 0.5) is 5.95 Å². The van der Waals surface area contributed by atoms with Crippen molar-refractivity contribution in [1.82, 2.24) is 25.6 Å². The molecule has 1 fully saturated rings. The second-order valence-electron chi connectivity index (χ2n) is 7.85. The number of aromatic nitrogens is 3. The van der Waals surface area contributed by atoms with Gasteiger partial charge >= 0.3 is 0 Å². The third kappa shape index (κ3) is 5.28. The molecule has 0 bridgehead atoms. The molecule has 3 heterocycles. The van der Waals surface area contributed by atoms with Gasteiger partial charge in [-0.1, -0.05) is 25.0 Å². The van der Waals surface area contributed by atoms with Crippen molar-refractivity contribution < 1.29 is 0 Å². The van der Waals surface area contributed by atoms with Crippen molar-refractivity contribution in [2.75, 3.05) is 11.9 Å². The van der Waals surface area contributed by atoms with Crippen LogP contribution in [0.1, 0.15) is 42.5 Å². The maximum atomic E-state index is 9.93. The first-order valence-electron chi connectivity index (χ1n) is 10.8. The van der Waals surface area contributed by atoms with E-state index in [1.807, 2.05) is 37.4 Å². The molecule has 7 nitrogen and oxygen atoms in total. The van der Waals surface area contributed by atoms with Crippen LogP contribution in [0.5, 0.6) is 0 Å². The summed E-state index contributed by atoms with van der Waals surface area (Å²) in [4.78, 5) is 13.3. The highest BCUT2D eigenvalue weighted by Gasteiger charge is 2.19. The third-order valence-electron chi connectivity index (χ3n) is 5.53. The maximum Gasteiger partial charge on any atom is 0.223 e. The third-order valence-corrected chi connectivity index (χ3v) is 5.53. The molecule has 2 aromatic heterocycles. The molecule has 2 aliphatic rings. The monoisotopic (exact) mass is 413 g/mol. The number of anilines is 1. The van der Waals surface area contributed by atoms with E-state index in [0.29, 0.717) is 23.3 Å². The first kappa shape index (κ1) is 20.6. The van der Waals surface area contributed by atoms with Crippen LogP contribution in [0.3, 0.4) is 0 Å². The zero-order chi connectivity index (χ0) is 21.5. The second kappa shape index (κ2) is 9.90. The Morgan fingerprint density at radius 2 is 2.16 bits per heavy atom. The molecule has 4 rings (SSSR count). The van der Waals surface area contributed by atoms with E-state index in [0.717, 1.165) is 42.9 Å². The van der Waals surface area contributed by atoms with Gasteiger partial charge in [0, 0.05) is 31.2 Å². The summed E-state index contributed by atoms with van der Waals surface area (Å²) in [6, 6.07) is 6.76. The lowest BCUT2D eigenvalue weighted by Gasteiger charge is -2.19. The van der Waals surface area contributed by atoms with Gasteiger partial charge in [0.25, 0.3) is 0 Å². The highest BCUT2D eigenvalue weighted by molar-refractivity contribution is 5.81. The molecule has 0 unspecified atom stereocenters. The fraction of sp³-hybridized carbons (Fsp3) is 0.333. The number of rotatable bonds is 7. The highest BCUT2D eigenvalue weighted by Crippen LogP contribution is 2.24. The predicted octanol–water partition coefficient (Wildman–Crippen LogP) is 3.60. The van der Waals surface area contributed by atoms with E-state index in [2.05, 4.69) is 43.0 Å². The van der Waals surface area contributed by atoms with Gasteiger partial charge in [-0.05, 0) is 55.5 Å². The van der Waals surface area contributed by atoms with Crippen molar-refractivity contribution in [1.29, 1.82) is 5.26 Å². The summed E-state index contributed by atoms with van der Waals surface area (Å²) < 4.78 is 0. The molecule has 2 aromatic rings. The van der Waals surface area contributed by atoms with Gasteiger partial charge in [-0.3, -0.25) is 4.98 Å². The fourth-order valence-electron chi connectivity index (χ4n) is 3.86. The van der Waals surface area contributed by atoms with Gasteiger partial charge in [0.05, 0.1) is 11.4 Å². The first-order valence-corrected chi connectivity index (χ1v) is 10.8. The van der Waals surface area contributed by atoms with Gasteiger partial charge in [-0.25, -0.2) is 9.97 Å². The highest BCUT2D eigenvalue weighted by atomic mass is 15.1. The van der Waals surface area contributed by atoms with E-state index in [-0.39, 0.29) is 0 Å². The van der Waals surface area contributed by atoms with Crippen molar-refractivity contribution >= 4 is 11.5 Å². The average Bonchev–Trinajstić information content (AvgIpc) is 3.31. The van der Waals surface area contributed by atoms with Crippen molar-refractivity contribution in [3.63, 3.8) is 0 Å². The van der Waals surface area contributed by atoms with Gasteiger partial charge in [0.15, 0.2) is 0 Å². The molecule has 0 spiro atoms. The quantitative estimate of drug-likeness (QED) is 0.597. The summed E-state index contributed by atoms with van der Waals surface area (Å²) in [5.74, 6) is 1.44. The SMILES string of the molecule is Cc1cnc(NC2CCCC2)nc1C(C#N)=C1C=CC=C(NCCc2cccnc2)N1. The smallest absolute Gasteiger partial charge is 0.223 e. The molecule has 0 amide bonds. The molecule has 1 saturated carbocycles. The minimum absolute atomic E-state index is 0.417. The summed E-state index contributed by atoms with van der Waals surface area (Å²) in [5, 5.41) is 20.1. The van der Waals surface area contributed by atoms with E-state index >= 15 is 0 Å². The van der Waals surface area contributed by atoms with Gasteiger partial charge in [0.1, 0.15) is 17.5 Å². The Hall–Kier alpha value is -3.66. The molecule has 1 aliphatic heterocycles. The lowest BCUT2D eigenvalue weighted by Crippen LogP contribution is -2.29. The van der Waals surface area contributed by atoms with Gasteiger partial charge in [-0.15, -0.1) is 0 Å². The van der Waals surface area contributed by atoms with Crippen LogP contribution in [-0.4, -0.2) is 27.5 Å². The van der Waals surface area contributed by atoms with E-state index in [9.17, 15) is 5.26 Å². The molecule has 0 atom stereocenters. The van der Waals surface area contributed by atoms with E-state index < -0.39 is 0 Å². The number of allylic oxidation sites excluding steroid dienone is 4. The number of nitrogens with zero attached hydrogens (tertiary/aromatic N) is 4. The number of hydrogen-bond acceptors (Lipinski definition) is 7. The van der Waals surface area contributed by atoms with E-state index in [4.69, 9.17) is 0 Å². The summed E-state index contributed by atoms with van der Waals surface area (Å²) in [6.45, 7) is 2.69. The molecular weight excluding hydrogens is 386 g/mol. The molecule has 158 valence electrons. The fourth-order valence-corrected chi connectivity index (χ4v) is 3.86. The lowest BCUT2D eigenvalue weighted by molar-refractivity contribution is 0.729. The molecule has 0 aromatic carbocycles. The molecule has 31 heavy (non-hydrogen) atoms. The van der Waals surface area contributed by atoms with Crippen LogP contribution < -0.4 is 16.0 Å². The summed E-state index contributed by atoms with van der Waals surface area (Å²) in [5.41, 5.74) is 3.93. The van der Waals surface area contributed by atoms with Crippen LogP contribution in [-0.2, 0) is 6.42 Å². The predicted molar refractivity (Wildman–Crippen MR) is 121 cm³/mol. The van der Waals surface area contributed by atoms with Crippen molar-refractivity contribution in [3.05, 3.63) is 77.3 Å². The van der Waals surface area contributed by atoms with Crippen LogP contribution in [0.2, 0.25) is 0 Å². The van der Waals surface area contributed by atoms with Gasteiger partial charge < -0.3 is 16.0 Å². The average molecular weight is 414 g/mol. The van der Waals surface area contributed by atoms with Crippen LogP contribution in [0.25, 0.3) is 5.57 Å². The minimum atomic E-state index is 0.417. The van der Waals surface area contributed by atoms with Crippen molar-refractivity contribution in [3.8, 4) is 6.07 Å². The standard InChI is InChI=1S/C24H27N7/c1-17-15-28-24(29-19-7-2-3-8-19)31-23(17)20(14-25)21-9-4-10-22(30-21)27-13-11-18-6-5-12-26-16-18/h4-6,9-10,12,15-16,19,27,30H,2-3,7-8,11,13H2,1H3,(H,28,29,31). The number of pyridine rings is 1. The first-order chi connectivity index (χ1) is 15.2. The Morgan fingerprint density at radius 3 is 2.94 bits per heavy atom. The Labute approximate surface area is 183 Å². The Balaban J connectivity index is 1.47. The topological polar surface area (TPSA) is 98.5 Å². The number of nitrogens with one attached hydrogen (secondary N) is 3. The van der Waals surface area contributed by atoms with Gasteiger partial charge in [-0.2, -0.15) is 5.26 Å². The number of hydrogen-bond donors (Lipinski definition) is 3. The Bertz CT molecular complexity index is 1040. The van der Waals surface area contributed by atoms with E-state index in [1.165, 1.54) is 18.4 Å². The zero-order valence-electron chi connectivity index (χ0n) is 17.7. The molecular formula is C24H27N7. The molecule has 0 radical (unpaired) electrons. The summed E-state index contributed by atoms with van der Waals surface area (Å²) in [7, 11) is 0. The van der Waals surface area contributed by atoms with Crippen LogP contribution >= 0.6 is 0 Å². The minimum Gasteiger partial charge on any atom is -0.371 e. The van der Waals surface area contributed by atoms with Gasteiger partial charge in [0.2, 0.25) is 5.95 Å². The van der Waals surface area contributed by atoms with Crippen molar-refractivity contribution in [2.24, 2.45) is 0 Å². The van der Waals surface area contributed by atoms with Crippen LogP contribution in [0, 0.1) is 18.3 Å². The number of nitriles is 1. The summed E-state index contributed by atoms with van der Waals surface area (Å²) >= 11 is 0. The number of aryl methyl sites for hydroxylation is 1. The van der Waals surface area contributed by atoms with E-state index in [1.54, 1.807) is 12.4 Å². The molecule has 0 saturated heterocycles. The number of dihydropyridines is 1. The largest absolute Gasteiger partial charge is 0.371 e. The van der Waals surface area contributed by atoms with Crippen LogP contribution in [0.15, 0.2) is 60.5 Å². The Kier molecular flexibility index (Phi) is 6.58. The molecule has 7 heteroatoms. The Morgan fingerprint density at radius 1 is 1.29 bits per heavy atom. The normalized spacial score (nSPS) is 17.5. The maximum absolute atomic E-state index is 9.93. The van der Waals surface area contributed by atoms with Crippen molar-refractivity contribution in [2.45, 2.75) is 45.1 Å². The summed E-state index contributed by atoms with van der Waals surface area (Å²) in [6.07, 6.45) is 16.8. The molecule has 1 aliphatic carbocycles. The second-order valence-corrected chi connectivity index (χ2v) is 7.85. The lowest BCUT2D eigenvalue weighted by atomic mass is 10.1. The zero-order valence-corrected chi connectivity index (χ0v) is 17.7.